The number of benzene rings is 2. The lowest BCUT2D eigenvalue weighted by Gasteiger charge is -2.08. The van der Waals surface area contributed by atoms with Crippen LogP contribution >= 0.6 is 23.2 Å². The molecule has 0 unspecified atom stereocenters. The second kappa shape index (κ2) is 8.75. The molecule has 0 aliphatic rings. The van der Waals surface area contributed by atoms with E-state index in [1.165, 1.54) is 12.1 Å². The smallest absolute Gasteiger partial charge is 0.221 e. The summed E-state index contributed by atoms with van der Waals surface area (Å²) in [5.41, 5.74) is 1.80. The SMILES string of the molecule is O=C(CCNc1ccc(F)c(Cl)c1)NCCc1ccc(Cl)cc1. The first-order valence-electron chi connectivity index (χ1n) is 7.24. The van der Waals surface area contributed by atoms with E-state index in [0.29, 0.717) is 30.2 Å². The van der Waals surface area contributed by atoms with Crippen LogP contribution in [-0.4, -0.2) is 19.0 Å². The number of hydrogen-bond acceptors (Lipinski definition) is 2. The van der Waals surface area contributed by atoms with Crippen molar-refractivity contribution in [3.05, 3.63) is 63.9 Å². The van der Waals surface area contributed by atoms with Gasteiger partial charge in [0.05, 0.1) is 5.02 Å². The highest BCUT2D eigenvalue weighted by molar-refractivity contribution is 6.31. The largest absolute Gasteiger partial charge is 0.384 e. The lowest BCUT2D eigenvalue weighted by Crippen LogP contribution is -2.27. The summed E-state index contributed by atoms with van der Waals surface area (Å²) in [6, 6.07) is 11.9. The molecule has 0 bridgehead atoms. The van der Waals surface area contributed by atoms with Gasteiger partial charge in [0.1, 0.15) is 5.82 Å². The zero-order valence-electron chi connectivity index (χ0n) is 12.4. The monoisotopic (exact) mass is 354 g/mol. The predicted octanol–water partition coefficient (Wildman–Crippen LogP) is 4.29. The molecule has 6 heteroatoms. The average Bonchev–Trinajstić information content (AvgIpc) is 2.53. The number of halogens is 3. The Balaban J connectivity index is 1.65. The molecular formula is C17H17Cl2FN2O. The number of carbonyl (C=O) groups is 1. The Morgan fingerprint density at radius 3 is 2.48 bits per heavy atom. The van der Waals surface area contributed by atoms with Gasteiger partial charge in [-0.25, -0.2) is 4.39 Å². The molecule has 0 saturated heterocycles. The van der Waals surface area contributed by atoms with Gasteiger partial charge >= 0.3 is 0 Å². The van der Waals surface area contributed by atoms with Crippen molar-refractivity contribution in [1.29, 1.82) is 0 Å². The molecule has 1 amide bonds. The van der Waals surface area contributed by atoms with Gasteiger partial charge in [0.25, 0.3) is 0 Å². The lowest BCUT2D eigenvalue weighted by molar-refractivity contribution is -0.120. The predicted molar refractivity (Wildman–Crippen MR) is 92.7 cm³/mol. The summed E-state index contributed by atoms with van der Waals surface area (Å²) in [5.74, 6) is -0.503. The Morgan fingerprint density at radius 2 is 1.78 bits per heavy atom. The van der Waals surface area contributed by atoms with E-state index in [4.69, 9.17) is 23.2 Å². The molecule has 23 heavy (non-hydrogen) atoms. The second-order valence-electron chi connectivity index (χ2n) is 5.03. The van der Waals surface area contributed by atoms with Crippen LogP contribution in [0.5, 0.6) is 0 Å². The van der Waals surface area contributed by atoms with E-state index >= 15 is 0 Å². The number of anilines is 1. The standard InChI is InChI=1S/C17H17Cl2FN2O/c18-13-3-1-12(2-4-13)7-9-22-17(23)8-10-21-14-5-6-16(20)15(19)11-14/h1-6,11,21H,7-10H2,(H,22,23). The Bertz CT molecular complexity index is 662. The summed E-state index contributed by atoms with van der Waals surface area (Å²) in [5, 5.41) is 6.64. The van der Waals surface area contributed by atoms with Gasteiger partial charge in [-0.1, -0.05) is 35.3 Å². The third-order valence-electron chi connectivity index (χ3n) is 3.25. The van der Waals surface area contributed by atoms with Crippen molar-refractivity contribution in [2.75, 3.05) is 18.4 Å². The van der Waals surface area contributed by atoms with E-state index in [0.717, 1.165) is 12.0 Å². The van der Waals surface area contributed by atoms with Crippen LogP contribution < -0.4 is 10.6 Å². The zero-order chi connectivity index (χ0) is 16.7. The highest BCUT2D eigenvalue weighted by Crippen LogP contribution is 2.19. The van der Waals surface area contributed by atoms with Crippen LogP contribution in [0.15, 0.2) is 42.5 Å². The van der Waals surface area contributed by atoms with Crippen LogP contribution in [0.4, 0.5) is 10.1 Å². The van der Waals surface area contributed by atoms with E-state index in [-0.39, 0.29) is 10.9 Å². The Hall–Kier alpha value is -1.78. The highest BCUT2D eigenvalue weighted by atomic mass is 35.5. The van der Waals surface area contributed by atoms with Crippen molar-refractivity contribution >= 4 is 34.8 Å². The summed E-state index contributed by atoms with van der Waals surface area (Å²) in [7, 11) is 0. The molecule has 3 nitrogen and oxygen atoms in total. The molecule has 2 aromatic carbocycles. The van der Waals surface area contributed by atoms with E-state index in [2.05, 4.69) is 10.6 Å². The van der Waals surface area contributed by atoms with Crippen molar-refractivity contribution in [3.8, 4) is 0 Å². The van der Waals surface area contributed by atoms with Crippen molar-refractivity contribution in [3.63, 3.8) is 0 Å². The topological polar surface area (TPSA) is 41.1 Å². The summed E-state index contributed by atoms with van der Waals surface area (Å²) in [4.78, 5) is 11.7. The maximum atomic E-state index is 13.0. The maximum absolute atomic E-state index is 13.0. The fourth-order valence-corrected chi connectivity index (χ4v) is 2.32. The molecule has 0 aromatic heterocycles. The van der Waals surface area contributed by atoms with Gasteiger partial charge in [0.15, 0.2) is 0 Å². The van der Waals surface area contributed by atoms with Crippen LogP contribution in [-0.2, 0) is 11.2 Å². The Kier molecular flexibility index (Phi) is 6.68. The first-order valence-corrected chi connectivity index (χ1v) is 8.00. The van der Waals surface area contributed by atoms with E-state index < -0.39 is 5.82 Å². The van der Waals surface area contributed by atoms with Gasteiger partial charge in [-0.3, -0.25) is 4.79 Å². The summed E-state index contributed by atoms with van der Waals surface area (Å²) in [6.07, 6.45) is 1.08. The molecule has 2 N–H and O–H groups in total. The maximum Gasteiger partial charge on any atom is 0.221 e. The minimum Gasteiger partial charge on any atom is -0.384 e. The molecule has 0 radical (unpaired) electrons. The average molecular weight is 355 g/mol. The molecule has 0 heterocycles. The second-order valence-corrected chi connectivity index (χ2v) is 5.88. The van der Waals surface area contributed by atoms with Crippen molar-refractivity contribution in [2.24, 2.45) is 0 Å². The molecule has 0 spiro atoms. The normalized spacial score (nSPS) is 10.4. The van der Waals surface area contributed by atoms with Gasteiger partial charge in [-0.2, -0.15) is 0 Å². The summed E-state index contributed by atoms with van der Waals surface area (Å²) < 4.78 is 13.0. The molecule has 0 aliphatic heterocycles. The molecule has 122 valence electrons. The molecule has 0 atom stereocenters. The molecule has 0 fully saturated rings. The van der Waals surface area contributed by atoms with Crippen LogP contribution in [0.1, 0.15) is 12.0 Å². The van der Waals surface area contributed by atoms with Crippen LogP contribution in [0.3, 0.4) is 0 Å². The fraction of sp³-hybridized carbons (Fsp3) is 0.235. The van der Waals surface area contributed by atoms with Gasteiger partial charge < -0.3 is 10.6 Å². The minimum atomic E-state index is -0.461. The van der Waals surface area contributed by atoms with Crippen molar-refractivity contribution in [1.82, 2.24) is 5.32 Å². The first kappa shape index (κ1) is 17.6. The summed E-state index contributed by atoms with van der Waals surface area (Å²) in [6.45, 7) is 1.03. The zero-order valence-corrected chi connectivity index (χ0v) is 13.9. The molecule has 0 saturated carbocycles. The minimum absolute atomic E-state index is 0.0420. The number of amides is 1. The van der Waals surface area contributed by atoms with E-state index in [9.17, 15) is 9.18 Å². The van der Waals surface area contributed by atoms with Crippen LogP contribution in [0.2, 0.25) is 10.0 Å². The first-order chi connectivity index (χ1) is 11.0. The molecule has 2 rings (SSSR count). The lowest BCUT2D eigenvalue weighted by atomic mass is 10.1. The number of carbonyl (C=O) groups excluding carboxylic acids is 1. The third-order valence-corrected chi connectivity index (χ3v) is 3.79. The fourth-order valence-electron chi connectivity index (χ4n) is 2.01. The van der Waals surface area contributed by atoms with Crippen molar-refractivity contribution in [2.45, 2.75) is 12.8 Å². The van der Waals surface area contributed by atoms with Gasteiger partial charge in [-0.15, -0.1) is 0 Å². The highest BCUT2D eigenvalue weighted by Gasteiger charge is 2.03. The molecular weight excluding hydrogens is 338 g/mol. The number of nitrogens with one attached hydrogen (secondary N) is 2. The quantitative estimate of drug-likeness (QED) is 0.778. The van der Waals surface area contributed by atoms with Gasteiger partial charge in [0.2, 0.25) is 5.91 Å². The number of hydrogen-bond donors (Lipinski definition) is 2. The molecule has 2 aromatic rings. The third kappa shape index (κ3) is 6.08. The van der Waals surface area contributed by atoms with Gasteiger partial charge in [0, 0.05) is 30.2 Å². The molecule has 0 aliphatic carbocycles. The van der Waals surface area contributed by atoms with Crippen molar-refractivity contribution < 1.29 is 9.18 Å². The van der Waals surface area contributed by atoms with E-state index in [1.807, 2.05) is 24.3 Å². The van der Waals surface area contributed by atoms with Gasteiger partial charge in [-0.05, 0) is 42.3 Å². The van der Waals surface area contributed by atoms with Crippen LogP contribution in [0.25, 0.3) is 0 Å². The Morgan fingerprint density at radius 1 is 1.04 bits per heavy atom. The van der Waals surface area contributed by atoms with E-state index in [1.54, 1.807) is 6.07 Å². The van der Waals surface area contributed by atoms with Crippen LogP contribution in [0, 0.1) is 5.82 Å². The summed E-state index contributed by atoms with van der Waals surface area (Å²) >= 11 is 11.5. The number of rotatable bonds is 7. The Labute approximate surface area is 144 Å².